The van der Waals surface area contributed by atoms with Crippen LogP contribution in [-0.2, 0) is 0 Å². The number of benzene rings is 8. The zero-order chi connectivity index (χ0) is 43.1. The van der Waals surface area contributed by atoms with Gasteiger partial charge in [-0.2, -0.15) is 0 Å². The van der Waals surface area contributed by atoms with E-state index in [0.717, 1.165) is 0 Å². The summed E-state index contributed by atoms with van der Waals surface area (Å²) in [5.41, 5.74) is -0.0728. The van der Waals surface area contributed by atoms with Crippen LogP contribution in [0.25, 0.3) is 87.6 Å². The van der Waals surface area contributed by atoms with E-state index in [-0.39, 0.29) is 54.2 Å². The molecule has 0 radical (unpaired) electrons. The highest BCUT2D eigenvalue weighted by molar-refractivity contribution is 6.23. The van der Waals surface area contributed by atoms with Gasteiger partial charge in [0.1, 0.15) is 11.2 Å². The Morgan fingerprint density at radius 2 is 0.953 bits per heavy atom. The van der Waals surface area contributed by atoms with Gasteiger partial charge in [0.05, 0.1) is 23.3 Å². The maximum absolute atomic E-state index is 9.77. The third kappa shape index (κ3) is 3.72. The molecule has 0 atom stereocenters. The second-order valence-corrected chi connectivity index (χ2v) is 9.92. The fourth-order valence-electron chi connectivity index (χ4n) is 5.70. The maximum Gasteiger partial charge on any atom is 0.136 e. The van der Waals surface area contributed by atoms with Gasteiger partial charge in [-0.3, -0.25) is 0 Å². The number of fused-ring (bicyclic) bond motifs is 6. The van der Waals surface area contributed by atoms with Crippen molar-refractivity contribution >= 4 is 54.3 Å². The van der Waals surface area contributed by atoms with Gasteiger partial charge in [-0.15, -0.1) is 0 Å². The molecule has 0 saturated carbocycles. The summed E-state index contributed by atoms with van der Waals surface area (Å²) in [7, 11) is 0. The van der Waals surface area contributed by atoms with Gasteiger partial charge in [0.25, 0.3) is 0 Å². The molecule has 1 aromatic heterocycles. The molecule has 1 heterocycles. The Balaban J connectivity index is 1.59. The first kappa shape index (κ1) is 12.7. The van der Waals surface area contributed by atoms with E-state index in [1.807, 2.05) is 18.2 Å². The smallest absolute Gasteiger partial charge is 0.136 e. The second-order valence-electron chi connectivity index (χ2n) is 9.92. The number of hydrogen-bond donors (Lipinski definition) is 0. The van der Waals surface area contributed by atoms with Crippen molar-refractivity contribution in [3.8, 4) is 33.4 Å². The molecule has 8 aromatic carbocycles. The van der Waals surface area contributed by atoms with Crippen LogP contribution in [0.2, 0.25) is 0 Å². The van der Waals surface area contributed by atoms with Crippen LogP contribution in [0.4, 0.5) is 0 Å². The predicted molar refractivity (Wildman–Crippen MR) is 183 cm³/mol. The first-order valence-corrected chi connectivity index (χ1v) is 13.4. The van der Waals surface area contributed by atoms with Crippen LogP contribution in [0.5, 0.6) is 0 Å². The van der Waals surface area contributed by atoms with Crippen molar-refractivity contribution in [3.05, 3.63) is 157 Å². The van der Waals surface area contributed by atoms with E-state index in [2.05, 4.69) is 0 Å². The lowest BCUT2D eigenvalue weighted by molar-refractivity contribution is 0.669. The Bertz CT molecular complexity index is 3370. The lowest BCUT2D eigenvalue weighted by atomic mass is 9.83. The highest BCUT2D eigenvalue weighted by Crippen LogP contribution is 2.46. The van der Waals surface area contributed by atoms with Crippen LogP contribution < -0.4 is 0 Å². The fourth-order valence-corrected chi connectivity index (χ4v) is 5.70. The van der Waals surface area contributed by atoms with Crippen molar-refractivity contribution in [1.29, 1.82) is 0 Å². The van der Waals surface area contributed by atoms with Crippen LogP contribution >= 0.6 is 0 Å². The Morgan fingerprint density at radius 3 is 1.65 bits per heavy atom. The van der Waals surface area contributed by atoms with E-state index in [4.69, 9.17) is 16.8 Å². The molecule has 0 aliphatic carbocycles. The summed E-state index contributed by atoms with van der Waals surface area (Å²) in [5, 5.41) is -2.30. The third-order valence-electron chi connectivity index (χ3n) is 7.54. The molecule has 9 aromatic rings. The molecular weight excluding hydrogens is 520 g/mol. The molecule has 0 amide bonds. The maximum atomic E-state index is 9.77. The lowest BCUT2D eigenvalue weighted by Gasteiger charge is -2.19. The SMILES string of the molecule is [2H]c1c(-c2c3c([2H])c([2H])c([2H])c([2H])c3c(-c3ccccc3-c3ccccc3)c3c([2H])c([2H])c([2H])c([2H])c23)c([2H])c2c(oc3c([2H])c4c([2H])c([2H])c([2H])c([2H])c4c([2H])c32)c1[2H]. The number of rotatable bonds is 3. The molecule has 0 saturated heterocycles. The van der Waals surface area contributed by atoms with Crippen LogP contribution in [0.3, 0.4) is 0 Å². The molecule has 200 valence electrons. The van der Waals surface area contributed by atoms with Crippen molar-refractivity contribution in [1.82, 2.24) is 0 Å². The van der Waals surface area contributed by atoms with Crippen LogP contribution in [0.1, 0.15) is 23.3 Å². The van der Waals surface area contributed by atoms with Crippen molar-refractivity contribution in [3.63, 3.8) is 0 Å². The van der Waals surface area contributed by atoms with Crippen molar-refractivity contribution in [2.75, 3.05) is 0 Å². The first-order valence-electron chi connectivity index (χ1n) is 21.9. The summed E-state index contributed by atoms with van der Waals surface area (Å²) in [6.45, 7) is 0. The predicted octanol–water partition coefficient (Wildman–Crippen LogP) is 12.0. The van der Waals surface area contributed by atoms with Gasteiger partial charge in [0.15, 0.2) is 0 Å². The quantitative estimate of drug-likeness (QED) is 0.195. The van der Waals surface area contributed by atoms with E-state index >= 15 is 0 Å². The van der Waals surface area contributed by atoms with Crippen LogP contribution in [0, 0.1) is 0 Å². The minimum absolute atomic E-state index is 0.0362. The molecule has 0 unspecified atom stereocenters. The van der Waals surface area contributed by atoms with E-state index in [1.165, 1.54) is 0 Å². The van der Waals surface area contributed by atoms with E-state index in [0.29, 0.717) is 16.7 Å². The molecule has 0 N–H and O–H groups in total. The summed E-state index contributed by atoms with van der Waals surface area (Å²) < 4.78 is 159. The third-order valence-corrected chi connectivity index (χ3v) is 7.54. The molecule has 0 aliphatic rings. The number of furan rings is 1. The summed E-state index contributed by atoms with van der Waals surface area (Å²) in [6.07, 6.45) is 0. The molecule has 0 fully saturated rings. The second kappa shape index (κ2) is 9.44. The normalized spacial score (nSPS) is 17.3. The molecule has 0 aliphatic heterocycles. The Labute approximate surface area is 273 Å². The van der Waals surface area contributed by atoms with Gasteiger partial charge in [0.2, 0.25) is 0 Å². The molecule has 1 nitrogen and oxygen atoms in total. The van der Waals surface area contributed by atoms with Gasteiger partial charge >= 0.3 is 0 Å². The molecule has 9 rings (SSSR count). The molecule has 0 bridgehead atoms. The first-order chi connectivity index (χ1) is 28.4. The minimum Gasteiger partial charge on any atom is -0.456 e. The van der Waals surface area contributed by atoms with Gasteiger partial charge in [-0.25, -0.2) is 0 Å². The molecular formula is C42H26O. The summed E-state index contributed by atoms with van der Waals surface area (Å²) in [5.74, 6) is 0. The van der Waals surface area contributed by atoms with E-state index in [1.54, 1.807) is 36.4 Å². The topological polar surface area (TPSA) is 13.1 Å². The average Bonchev–Trinajstić information content (AvgIpc) is 3.67. The number of hydrogen-bond acceptors (Lipinski definition) is 1. The summed E-state index contributed by atoms with van der Waals surface area (Å²) in [6, 6.07) is 4.89. The summed E-state index contributed by atoms with van der Waals surface area (Å²) >= 11 is 0. The van der Waals surface area contributed by atoms with Crippen LogP contribution in [-0.4, -0.2) is 0 Å². The molecule has 1 heteroatoms. The average molecular weight is 564 g/mol. The molecule has 43 heavy (non-hydrogen) atoms. The highest BCUT2D eigenvalue weighted by atomic mass is 16.3. The largest absolute Gasteiger partial charge is 0.456 e. The zero-order valence-corrected chi connectivity index (χ0v) is 22.1. The molecule has 0 spiro atoms. The summed E-state index contributed by atoms with van der Waals surface area (Å²) in [4.78, 5) is 0. The van der Waals surface area contributed by atoms with Gasteiger partial charge in [0, 0.05) is 10.8 Å². The van der Waals surface area contributed by atoms with Crippen molar-refractivity contribution in [2.24, 2.45) is 0 Å². The van der Waals surface area contributed by atoms with E-state index in [9.17, 15) is 11.0 Å². The minimum atomic E-state index is -0.738. The van der Waals surface area contributed by atoms with E-state index < -0.39 is 119 Å². The Kier molecular flexibility index (Phi) is 2.79. The standard InChI is InChI=1S/C42H26O/c1-2-12-27(13-3-1)31-16-6-7-17-32(31)42-35-20-10-8-18-33(35)41(34-19-9-11-21-36(34)42)30-22-23-39-37(25-30)38-24-28-14-4-5-15-29(28)26-40(38)43-39/h1-26H/i4D,5D,8D,9D,10D,11D,14D,15D,18D,19D,20D,21D,22D,23D,24D,25D,26D. The highest BCUT2D eigenvalue weighted by Gasteiger charge is 2.19. The van der Waals surface area contributed by atoms with Gasteiger partial charge < -0.3 is 4.42 Å². The van der Waals surface area contributed by atoms with Gasteiger partial charge in [-0.1, -0.05) is 133 Å². The lowest BCUT2D eigenvalue weighted by Crippen LogP contribution is -1.92. The van der Waals surface area contributed by atoms with Crippen molar-refractivity contribution in [2.45, 2.75) is 0 Å². The fraction of sp³-hybridized carbons (Fsp3) is 0. The monoisotopic (exact) mass is 563 g/mol. The Hall–Kier alpha value is -5.66. The Morgan fingerprint density at radius 1 is 0.395 bits per heavy atom. The van der Waals surface area contributed by atoms with Crippen molar-refractivity contribution < 1.29 is 27.7 Å². The van der Waals surface area contributed by atoms with Gasteiger partial charge in [-0.05, 0) is 89.9 Å². The zero-order valence-electron chi connectivity index (χ0n) is 39.1. The van der Waals surface area contributed by atoms with Crippen LogP contribution in [0.15, 0.2) is 162 Å².